The van der Waals surface area contributed by atoms with Gasteiger partial charge in [-0.25, -0.2) is 4.68 Å². The van der Waals surface area contributed by atoms with Gasteiger partial charge in [0.05, 0.1) is 18.5 Å². The molecule has 0 unspecified atom stereocenters. The third-order valence-corrected chi connectivity index (χ3v) is 5.15. The van der Waals surface area contributed by atoms with Gasteiger partial charge in [0.25, 0.3) is 0 Å². The zero-order chi connectivity index (χ0) is 20.8. The lowest BCUT2D eigenvalue weighted by Crippen LogP contribution is -2.27. The third kappa shape index (κ3) is 4.78. The van der Waals surface area contributed by atoms with E-state index in [4.69, 9.17) is 9.84 Å². The molecule has 4 aromatic rings. The van der Waals surface area contributed by atoms with Crippen LogP contribution < -0.4 is 10.1 Å². The van der Waals surface area contributed by atoms with Gasteiger partial charge in [0.2, 0.25) is 0 Å². The Morgan fingerprint density at radius 1 is 1.07 bits per heavy atom. The van der Waals surface area contributed by atoms with Crippen molar-refractivity contribution in [3.05, 3.63) is 84.8 Å². The summed E-state index contributed by atoms with van der Waals surface area (Å²) in [5, 5.41) is 12.8. The molecule has 2 heterocycles. The minimum absolute atomic E-state index is 0.354. The van der Waals surface area contributed by atoms with Crippen molar-refractivity contribution < 1.29 is 4.74 Å². The van der Waals surface area contributed by atoms with Crippen LogP contribution in [0.2, 0.25) is 0 Å². The summed E-state index contributed by atoms with van der Waals surface area (Å²) in [6.45, 7) is 3.84. The van der Waals surface area contributed by atoms with Crippen LogP contribution in [0.1, 0.15) is 18.9 Å². The van der Waals surface area contributed by atoms with Crippen molar-refractivity contribution >= 4 is 0 Å². The maximum Gasteiger partial charge on any atom is 0.119 e. The Hall–Kier alpha value is -3.38. The van der Waals surface area contributed by atoms with Crippen molar-refractivity contribution in [1.82, 2.24) is 24.9 Å². The number of hydrogen-bond acceptors (Lipinski definition) is 4. The van der Waals surface area contributed by atoms with E-state index < -0.39 is 0 Å². The van der Waals surface area contributed by atoms with Crippen LogP contribution in [-0.4, -0.2) is 32.7 Å². The third-order valence-electron chi connectivity index (χ3n) is 5.15. The van der Waals surface area contributed by atoms with Crippen molar-refractivity contribution in [2.75, 3.05) is 7.11 Å². The second-order valence-electron chi connectivity index (χ2n) is 7.35. The van der Waals surface area contributed by atoms with Crippen molar-refractivity contribution in [2.45, 2.75) is 32.5 Å². The molecule has 0 amide bonds. The number of nitrogens with zero attached hydrogens (tertiary/aromatic N) is 4. The standard InChI is InChI=1S/C24H27N5O/c1-19(12-15-28-14-7-13-26-28)25-17-21-18-29(22-9-4-3-5-10-22)27-24(21)20-8-6-11-23(16-20)30-2/h3-11,13-14,16,18-19,25H,12,15,17H2,1-2H3/t19-/m1/s1. The minimum Gasteiger partial charge on any atom is -0.497 e. The summed E-state index contributed by atoms with van der Waals surface area (Å²) in [6, 6.07) is 20.6. The topological polar surface area (TPSA) is 56.9 Å². The molecule has 6 heteroatoms. The summed E-state index contributed by atoms with van der Waals surface area (Å²) in [6.07, 6.45) is 6.92. The molecule has 0 fully saturated rings. The molecule has 0 bridgehead atoms. The summed E-state index contributed by atoms with van der Waals surface area (Å²) < 4.78 is 9.32. The Balaban J connectivity index is 1.54. The van der Waals surface area contributed by atoms with E-state index in [1.165, 1.54) is 0 Å². The van der Waals surface area contributed by atoms with Crippen molar-refractivity contribution in [2.24, 2.45) is 0 Å². The first-order chi connectivity index (χ1) is 14.7. The number of ether oxygens (including phenoxy) is 1. The van der Waals surface area contributed by atoms with Crippen LogP contribution in [0.3, 0.4) is 0 Å². The molecule has 0 spiro atoms. The van der Waals surface area contributed by atoms with E-state index in [1.807, 2.05) is 64.2 Å². The number of hydrogen-bond donors (Lipinski definition) is 1. The summed E-state index contributed by atoms with van der Waals surface area (Å²) in [4.78, 5) is 0. The predicted octanol–water partition coefficient (Wildman–Crippen LogP) is 4.31. The largest absolute Gasteiger partial charge is 0.497 e. The zero-order valence-corrected chi connectivity index (χ0v) is 17.4. The van der Waals surface area contributed by atoms with Gasteiger partial charge in [0, 0.05) is 48.8 Å². The maximum atomic E-state index is 5.41. The molecule has 1 N–H and O–H groups in total. The normalized spacial score (nSPS) is 12.1. The first-order valence-electron chi connectivity index (χ1n) is 10.2. The van der Waals surface area contributed by atoms with E-state index >= 15 is 0 Å². The van der Waals surface area contributed by atoms with Crippen LogP contribution >= 0.6 is 0 Å². The molecule has 30 heavy (non-hydrogen) atoms. The molecule has 1 atom stereocenters. The molecule has 0 saturated carbocycles. The monoisotopic (exact) mass is 401 g/mol. The highest BCUT2D eigenvalue weighted by molar-refractivity contribution is 5.65. The SMILES string of the molecule is COc1cccc(-c2nn(-c3ccccc3)cc2CN[C@H](C)CCn2cccn2)c1. The number of aryl methyl sites for hydroxylation is 1. The van der Waals surface area contributed by atoms with E-state index in [1.54, 1.807) is 7.11 Å². The smallest absolute Gasteiger partial charge is 0.119 e. The summed E-state index contributed by atoms with van der Waals surface area (Å²) in [5.74, 6) is 0.827. The molecule has 2 aromatic carbocycles. The van der Waals surface area contributed by atoms with Crippen molar-refractivity contribution in [1.29, 1.82) is 0 Å². The van der Waals surface area contributed by atoms with Crippen LogP contribution in [0.4, 0.5) is 0 Å². The number of para-hydroxylation sites is 1. The number of methoxy groups -OCH3 is 1. The first-order valence-corrected chi connectivity index (χ1v) is 10.2. The second kappa shape index (κ2) is 9.41. The van der Waals surface area contributed by atoms with Gasteiger partial charge < -0.3 is 10.1 Å². The zero-order valence-electron chi connectivity index (χ0n) is 17.4. The molecule has 0 saturated heterocycles. The van der Waals surface area contributed by atoms with E-state index in [0.717, 1.165) is 47.8 Å². The molecule has 0 aliphatic rings. The Morgan fingerprint density at radius 3 is 2.70 bits per heavy atom. The first kappa shape index (κ1) is 19.9. The molecule has 4 rings (SSSR count). The van der Waals surface area contributed by atoms with Gasteiger partial charge >= 0.3 is 0 Å². The van der Waals surface area contributed by atoms with Crippen LogP contribution in [0.5, 0.6) is 5.75 Å². The number of rotatable bonds is 9. The van der Waals surface area contributed by atoms with Crippen LogP contribution in [0.15, 0.2) is 79.3 Å². The van der Waals surface area contributed by atoms with Gasteiger partial charge in [-0.3, -0.25) is 4.68 Å². The lowest BCUT2D eigenvalue weighted by Gasteiger charge is -2.14. The van der Waals surface area contributed by atoms with Crippen LogP contribution in [0.25, 0.3) is 16.9 Å². The predicted molar refractivity (Wildman–Crippen MR) is 119 cm³/mol. The van der Waals surface area contributed by atoms with E-state index in [2.05, 4.69) is 41.7 Å². The summed E-state index contributed by atoms with van der Waals surface area (Å²) in [7, 11) is 1.69. The van der Waals surface area contributed by atoms with Gasteiger partial charge in [-0.1, -0.05) is 30.3 Å². The maximum absolute atomic E-state index is 5.41. The highest BCUT2D eigenvalue weighted by Crippen LogP contribution is 2.27. The van der Waals surface area contributed by atoms with Crippen LogP contribution in [-0.2, 0) is 13.1 Å². The average molecular weight is 402 g/mol. The highest BCUT2D eigenvalue weighted by atomic mass is 16.5. The molecule has 6 nitrogen and oxygen atoms in total. The van der Waals surface area contributed by atoms with E-state index in [-0.39, 0.29) is 0 Å². The Labute approximate surface area is 177 Å². The Kier molecular flexibility index (Phi) is 6.25. The van der Waals surface area contributed by atoms with E-state index in [0.29, 0.717) is 6.04 Å². The van der Waals surface area contributed by atoms with Gasteiger partial charge in [-0.05, 0) is 43.7 Å². The fourth-order valence-electron chi connectivity index (χ4n) is 3.41. The molecule has 2 aromatic heterocycles. The lowest BCUT2D eigenvalue weighted by molar-refractivity contribution is 0.415. The molecule has 0 aliphatic heterocycles. The van der Waals surface area contributed by atoms with Crippen LogP contribution in [0, 0.1) is 0 Å². The van der Waals surface area contributed by atoms with Crippen molar-refractivity contribution in [3.63, 3.8) is 0 Å². The van der Waals surface area contributed by atoms with Gasteiger partial charge in [0.1, 0.15) is 5.75 Å². The van der Waals surface area contributed by atoms with Gasteiger partial charge in [-0.15, -0.1) is 0 Å². The molecular weight excluding hydrogens is 374 g/mol. The summed E-state index contributed by atoms with van der Waals surface area (Å²) >= 11 is 0. The lowest BCUT2D eigenvalue weighted by atomic mass is 10.1. The Bertz CT molecular complexity index is 1060. The average Bonchev–Trinajstić information content (AvgIpc) is 3.47. The Morgan fingerprint density at radius 2 is 1.93 bits per heavy atom. The highest BCUT2D eigenvalue weighted by Gasteiger charge is 2.14. The van der Waals surface area contributed by atoms with Gasteiger partial charge in [0.15, 0.2) is 0 Å². The molecule has 0 aliphatic carbocycles. The second-order valence-corrected chi connectivity index (χ2v) is 7.35. The minimum atomic E-state index is 0.354. The number of benzene rings is 2. The summed E-state index contributed by atoms with van der Waals surface area (Å²) in [5.41, 5.74) is 4.20. The fourth-order valence-corrected chi connectivity index (χ4v) is 3.41. The molecule has 154 valence electrons. The van der Waals surface area contributed by atoms with Crippen molar-refractivity contribution in [3.8, 4) is 22.7 Å². The molecule has 0 radical (unpaired) electrons. The number of nitrogens with one attached hydrogen (secondary N) is 1. The number of aromatic nitrogens is 4. The fraction of sp³-hybridized carbons (Fsp3) is 0.250. The quantitative estimate of drug-likeness (QED) is 0.454. The molecular formula is C24H27N5O. The van der Waals surface area contributed by atoms with Gasteiger partial charge in [-0.2, -0.15) is 10.2 Å². The van der Waals surface area contributed by atoms with E-state index in [9.17, 15) is 0 Å².